The van der Waals surface area contributed by atoms with Gasteiger partial charge in [0.2, 0.25) is 5.91 Å². The van der Waals surface area contributed by atoms with Crippen molar-refractivity contribution in [3.8, 4) is 0 Å². The molecule has 2 aromatic rings. The van der Waals surface area contributed by atoms with Gasteiger partial charge in [0.15, 0.2) is 5.82 Å². The molecule has 1 aromatic heterocycles. The molecule has 0 spiro atoms. The van der Waals surface area contributed by atoms with Crippen molar-refractivity contribution in [1.82, 2.24) is 5.16 Å². The van der Waals surface area contributed by atoms with Gasteiger partial charge in [0.1, 0.15) is 6.26 Å². The van der Waals surface area contributed by atoms with E-state index in [-0.39, 0.29) is 11.8 Å². The van der Waals surface area contributed by atoms with Crippen LogP contribution in [0, 0.1) is 0 Å². The predicted octanol–water partition coefficient (Wildman–Crippen LogP) is 2.39. The quantitative estimate of drug-likeness (QED) is 0.810. The number of benzene rings is 1. The normalized spacial score (nSPS) is 12.1. The highest BCUT2D eigenvalue weighted by Crippen LogP contribution is 2.20. The van der Waals surface area contributed by atoms with E-state index in [4.69, 9.17) is 5.73 Å². The second-order valence-corrected chi connectivity index (χ2v) is 4.20. The summed E-state index contributed by atoms with van der Waals surface area (Å²) in [7, 11) is 0. The SMILES string of the molecule is CC(CC(=O)Nc1ccon1)c1ccc(N)cc1. The summed E-state index contributed by atoms with van der Waals surface area (Å²) in [5.41, 5.74) is 7.42. The number of nitrogens with zero attached hydrogens (tertiary/aromatic N) is 1. The van der Waals surface area contributed by atoms with Gasteiger partial charge in [-0.25, -0.2) is 0 Å². The maximum atomic E-state index is 11.7. The van der Waals surface area contributed by atoms with Crippen molar-refractivity contribution in [2.75, 3.05) is 11.1 Å². The van der Waals surface area contributed by atoms with Crippen molar-refractivity contribution in [3.05, 3.63) is 42.2 Å². The average Bonchev–Trinajstić information content (AvgIpc) is 2.82. The van der Waals surface area contributed by atoms with Gasteiger partial charge in [-0.1, -0.05) is 24.2 Å². The minimum atomic E-state index is -0.0896. The zero-order valence-electron chi connectivity index (χ0n) is 10.1. The number of carbonyl (C=O) groups is 1. The van der Waals surface area contributed by atoms with E-state index in [1.807, 2.05) is 31.2 Å². The highest BCUT2D eigenvalue weighted by molar-refractivity contribution is 5.90. The first-order valence-corrected chi connectivity index (χ1v) is 5.71. The summed E-state index contributed by atoms with van der Waals surface area (Å²) in [6.45, 7) is 1.99. The number of nitrogens with one attached hydrogen (secondary N) is 1. The average molecular weight is 245 g/mol. The van der Waals surface area contributed by atoms with Crippen molar-refractivity contribution in [2.24, 2.45) is 0 Å². The molecule has 94 valence electrons. The summed E-state index contributed by atoms with van der Waals surface area (Å²) >= 11 is 0. The summed E-state index contributed by atoms with van der Waals surface area (Å²) in [5, 5.41) is 6.29. The molecule has 0 fully saturated rings. The third kappa shape index (κ3) is 3.10. The standard InChI is InChI=1S/C13H15N3O2/c1-9(10-2-4-11(14)5-3-10)8-13(17)15-12-6-7-18-16-12/h2-7,9H,8,14H2,1H3,(H,15,16,17). The van der Waals surface area contributed by atoms with E-state index in [2.05, 4.69) is 15.0 Å². The first-order valence-electron chi connectivity index (χ1n) is 5.71. The molecule has 0 aliphatic carbocycles. The van der Waals surface area contributed by atoms with Gasteiger partial charge in [0.25, 0.3) is 0 Å². The minimum absolute atomic E-state index is 0.0896. The molecule has 5 heteroatoms. The number of amides is 1. The molecular formula is C13H15N3O2. The molecule has 1 aromatic carbocycles. The first-order chi connectivity index (χ1) is 8.65. The van der Waals surface area contributed by atoms with E-state index in [0.29, 0.717) is 12.2 Å². The molecule has 0 aliphatic rings. The Labute approximate surface area is 105 Å². The Balaban J connectivity index is 1.92. The van der Waals surface area contributed by atoms with Crippen molar-refractivity contribution in [2.45, 2.75) is 19.3 Å². The number of nitrogens with two attached hydrogens (primary N) is 1. The number of nitrogen functional groups attached to an aromatic ring is 1. The summed E-state index contributed by atoms with van der Waals surface area (Å²) in [4.78, 5) is 11.7. The number of aromatic nitrogens is 1. The Morgan fingerprint density at radius 1 is 1.39 bits per heavy atom. The zero-order valence-corrected chi connectivity index (χ0v) is 10.1. The second-order valence-electron chi connectivity index (χ2n) is 4.20. The number of hydrogen-bond acceptors (Lipinski definition) is 4. The van der Waals surface area contributed by atoms with Crippen LogP contribution >= 0.6 is 0 Å². The van der Waals surface area contributed by atoms with Gasteiger partial charge in [-0.05, 0) is 23.6 Å². The number of anilines is 2. The molecule has 0 bridgehead atoms. The first kappa shape index (κ1) is 12.2. The molecule has 0 saturated carbocycles. The third-order valence-corrected chi connectivity index (χ3v) is 2.70. The summed E-state index contributed by atoms with van der Waals surface area (Å²) in [5.74, 6) is 0.468. The molecule has 3 N–H and O–H groups in total. The van der Waals surface area contributed by atoms with Crippen LogP contribution in [0.15, 0.2) is 41.1 Å². The molecule has 1 amide bonds. The molecule has 1 heterocycles. The Hall–Kier alpha value is -2.30. The van der Waals surface area contributed by atoms with Gasteiger partial charge < -0.3 is 15.6 Å². The molecule has 2 rings (SSSR count). The fourth-order valence-corrected chi connectivity index (χ4v) is 1.69. The monoisotopic (exact) mass is 245 g/mol. The lowest BCUT2D eigenvalue weighted by Gasteiger charge is -2.11. The van der Waals surface area contributed by atoms with Crippen molar-refractivity contribution < 1.29 is 9.32 Å². The van der Waals surface area contributed by atoms with E-state index in [0.717, 1.165) is 11.3 Å². The van der Waals surface area contributed by atoms with Gasteiger partial charge in [-0.2, -0.15) is 0 Å². The van der Waals surface area contributed by atoms with Crippen LogP contribution in [-0.2, 0) is 4.79 Å². The van der Waals surface area contributed by atoms with Crippen LogP contribution in [0.5, 0.6) is 0 Å². The molecule has 0 aliphatic heterocycles. The van der Waals surface area contributed by atoms with Crippen molar-refractivity contribution in [1.29, 1.82) is 0 Å². The summed E-state index contributed by atoms with van der Waals surface area (Å²) < 4.78 is 4.64. The van der Waals surface area contributed by atoms with E-state index in [9.17, 15) is 4.79 Å². The lowest BCUT2D eigenvalue weighted by Crippen LogP contribution is -2.14. The van der Waals surface area contributed by atoms with Crippen LogP contribution < -0.4 is 11.1 Å². The van der Waals surface area contributed by atoms with Crippen LogP contribution in [0.4, 0.5) is 11.5 Å². The Morgan fingerprint density at radius 3 is 2.72 bits per heavy atom. The molecule has 0 radical (unpaired) electrons. The van der Waals surface area contributed by atoms with E-state index in [1.54, 1.807) is 6.07 Å². The third-order valence-electron chi connectivity index (χ3n) is 2.70. The van der Waals surface area contributed by atoms with E-state index < -0.39 is 0 Å². The fourth-order valence-electron chi connectivity index (χ4n) is 1.69. The van der Waals surface area contributed by atoms with Gasteiger partial charge >= 0.3 is 0 Å². The predicted molar refractivity (Wildman–Crippen MR) is 69.0 cm³/mol. The van der Waals surface area contributed by atoms with Gasteiger partial charge in [0, 0.05) is 18.2 Å². The van der Waals surface area contributed by atoms with Crippen LogP contribution in [0.3, 0.4) is 0 Å². The van der Waals surface area contributed by atoms with Crippen molar-refractivity contribution >= 4 is 17.4 Å². The Kier molecular flexibility index (Phi) is 3.62. The molecule has 18 heavy (non-hydrogen) atoms. The number of rotatable bonds is 4. The summed E-state index contributed by atoms with van der Waals surface area (Å²) in [6, 6.07) is 9.14. The molecular weight excluding hydrogens is 230 g/mol. The molecule has 1 unspecified atom stereocenters. The smallest absolute Gasteiger partial charge is 0.226 e. The fraction of sp³-hybridized carbons (Fsp3) is 0.231. The Bertz CT molecular complexity index is 506. The zero-order chi connectivity index (χ0) is 13.0. The van der Waals surface area contributed by atoms with E-state index >= 15 is 0 Å². The van der Waals surface area contributed by atoms with E-state index in [1.165, 1.54) is 6.26 Å². The van der Waals surface area contributed by atoms with Crippen LogP contribution in [0.25, 0.3) is 0 Å². The number of hydrogen-bond donors (Lipinski definition) is 2. The topological polar surface area (TPSA) is 81.2 Å². The van der Waals surface area contributed by atoms with Crippen LogP contribution in [-0.4, -0.2) is 11.1 Å². The summed E-state index contributed by atoms with van der Waals surface area (Å²) in [6.07, 6.45) is 1.80. The van der Waals surface area contributed by atoms with Gasteiger partial charge in [-0.3, -0.25) is 4.79 Å². The van der Waals surface area contributed by atoms with Crippen LogP contribution in [0.1, 0.15) is 24.8 Å². The lowest BCUT2D eigenvalue weighted by molar-refractivity contribution is -0.116. The second kappa shape index (κ2) is 5.35. The van der Waals surface area contributed by atoms with Crippen LogP contribution in [0.2, 0.25) is 0 Å². The minimum Gasteiger partial charge on any atom is -0.399 e. The lowest BCUT2D eigenvalue weighted by atomic mass is 9.97. The molecule has 0 saturated heterocycles. The molecule has 5 nitrogen and oxygen atoms in total. The molecule has 1 atom stereocenters. The Morgan fingerprint density at radius 2 is 2.11 bits per heavy atom. The number of carbonyl (C=O) groups excluding carboxylic acids is 1. The van der Waals surface area contributed by atoms with Gasteiger partial charge in [0.05, 0.1) is 0 Å². The maximum Gasteiger partial charge on any atom is 0.226 e. The largest absolute Gasteiger partial charge is 0.399 e. The highest BCUT2D eigenvalue weighted by Gasteiger charge is 2.12. The maximum absolute atomic E-state index is 11.7. The highest BCUT2D eigenvalue weighted by atomic mass is 16.5. The van der Waals surface area contributed by atoms with Crippen molar-refractivity contribution in [3.63, 3.8) is 0 Å². The van der Waals surface area contributed by atoms with Gasteiger partial charge in [-0.15, -0.1) is 0 Å².